The molecule has 0 aromatic carbocycles. The summed E-state index contributed by atoms with van der Waals surface area (Å²) in [5, 5.41) is 3.60. The lowest BCUT2D eigenvalue weighted by molar-refractivity contribution is 0.0129. The van der Waals surface area contributed by atoms with Gasteiger partial charge >= 0.3 is 0 Å². The zero-order valence-electron chi connectivity index (χ0n) is 11.8. The number of hydrogen-bond donors (Lipinski definition) is 1. The van der Waals surface area contributed by atoms with Crippen molar-refractivity contribution in [2.24, 2.45) is 7.05 Å². The Hall–Kier alpha value is -1.07. The molecule has 0 bridgehead atoms. The molecule has 1 aromatic heterocycles. The van der Waals surface area contributed by atoms with Crippen LogP contribution < -0.4 is 10.2 Å². The van der Waals surface area contributed by atoms with E-state index in [4.69, 9.17) is 4.74 Å². The Morgan fingerprint density at radius 1 is 1.56 bits per heavy atom. The summed E-state index contributed by atoms with van der Waals surface area (Å²) in [7, 11) is 6.09. The molecule has 2 unspecified atom stereocenters. The SMILES string of the molecule is CC1CC(NCc2cnc(N(C)C)n2C)CCO1. The van der Waals surface area contributed by atoms with Crippen LogP contribution in [0.3, 0.4) is 0 Å². The van der Waals surface area contributed by atoms with Crippen molar-refractivity contribution < 1.29 is 4.74 Å². The second kappa shape index (κ2) is 5.71. The summed E-state index contributed by atoms with van der Waals surface area (Å²) in [5.41, 5.74) is 1.22. The molecule has 0 radical (unpaired) electrons. The van der Waals surface area contributed by atoms with E-state index in [2.05, 4.69) is 28.8 Å². The fourth-order valence-electron chi connectivity index (χ4n) is 2.45. The van der Waals surface area contributed by atoms with Gasteiger partial charge in [0.15, 0.2) is 0 Å². The molecule has 1 N–H and O–H groups in total. The predicted octanol–water partition coefficient (Wildman–Crippen LogP) is 1.14. The molecule has 1 aliphatic heterocycles. The van der Waals surface area contributed by atoms with Gasteiger partial charge in [-0.25, -0.2) is 4.98 Å². The molecular weight excluding hydrogens is 228 g/mol. The van der Waals surface area contributed by atoms with Gasteiger partial charge in [0.2, 0.25) is 5.95 Å². The molecule has 5 nitrogen and oxygen atoms in total. The lowest BCUT2D eigenvalue weighted by atomic mass is 10.0. The summed E-state index contributed by atoms with van der Waals surface area (Å²) in [6.45, 7) is 3.88. The first-order valence-corrected chi connectivity index (χ1v) is 6.61. The van der Waals surface area contributed by atoms with Crippen molar-refractivity contribution in [1.29, 1.82) is 0 Å². The highest BCUT2D eigenvalue weighted by Gasteiger charge is 2.19. The van der Waals surface area contributed by atoms with E-state index in [1.54, 1.807) is 0 Å². The molecule has 0 saturated carbocycles. The highest BCUT2D eigenvalue weighted by Crippen LogP contribution is 2.15. The van der Waals surface area contributed by atoms with Crippen LogP contribution in [0.15, 0.2) is 6.20 Å². The maximum absolute atomic E-state index is 5.56. The van der Waals surface area contributed by atoms with Gasteiger partial charge in [-0.2, -0.15) is 0 Å². The van der Waals surface area contributed by atoms with Gasteiger partial charge in [-0.1, -0.05) is 0 Å². The van der Waals surface area contributed by atoms with Gasteiger partial charge in [-0.05, 0) is 19.8 Å². The largest absolute Gasteiger partial charge is 0.378 e. The third-order valence-electron chi connectivity index (χ3n) is 3.52. The van der Waals surface area contributed by atoms with E-state index in [0.717, 1.165) is 31.9 Å². The quantitative estimate of drug-likeness (QED) is 0.872. The molecule has 1 fully saturated rings. The van der Waals surface area contributed by atoms with E-state index in [9.17, 15) is 0 Å². The maximum atomic E-state index is 5.56. The summed E-state index contributed by atoms with van der Waals surface area (Å²) < 4.78 is 7.69. The van der Waals surface area contributed by atoms with Crippen LogP contribution in [-0.4, -0.2) is 42.4 Å². The Labute approximate surface area is 109 Å². The zero-order valence-corrected chi connectivity index (χ0v) is 11.8. The molecular formula is C13H24N4O. The maximum Gasteiger partial charge on any atom is 0.204 e. The normalized spacial score (nSPS) is 24.2. The minimum Gasteiger partial charge on any atom is -0.378 e. The fraction of sp³-hybridized carbons (Fsp3) is 0.769. The Morgan fingerprint density at radius 2 is 2.33 bits per heavy atom. The van der Waals surface area contributed by atoms with Gasteiger partial charge in [0.1, 0.15) is 0 Å². The van der Waals surface area contributed by atoms with Crippen molar-refractivity contribution >= 4 is 5.95 Å². The summed E-state index contributed by atoms with van der Waals surface area (Å²) in [6.07, 6.45) is 4.52. The number of anilines is 1. The standard InChI is InChI=1S/C13H24N4O/c1-10-7-11(5-6-18-10)14-8-12-9-15-13(16(2)3)17(12)4/h9-11,14H,5-8H2,1-4H3. The van der Waals surface area contributed by atoms with Gasteiger partial charge < -0.3 is 19.5 Å². The van der Waals surface area contributed by atoms with Crippen LogP contribution >= 0.6 is 0 Å². The van der Waals surface area contributed by atoms with E-state index in [0.29, 0.717) is 12.1 Å². The van der Waals surface area contributed by atoms with Crippen molar-refractivity contribution in [3.05, 3.63) is 11.9 Å². The number of nitrogens with zero attached hydrogens (tertiary/aromatic N) is 3. The van der Waals surface area contributed by atoms with Gasteiger partial charge in [0.05, 0.1) is 18.0 Å². The number of hydrogen-bond acceptors (Lipinski definition) is 4. The minimum absolute atomic E-state index is 0.375. The van der Waals surface area contributed by atoms with Crippen molar-refractivity contribution in [2.75, 3.05) is 25.6 Å². The van der Waals surface area contributed by atoms with Crippen LogP contribution in [0.4, 0.5) is 5.95 Å². The van der Waals surface area contributed by atoms with E-state index in [1.165, 1.54) is 5.69 Å². The Kier molecular flexibility index (Phi) is 4.24. The molecule has 0 amide bonds. The van der Waals surface area contributed by atoms with Crippen LogP contribution in [0.2, 0.25) is 0 Å². The first-order valence-electron chi connectivity index (χ1n) is 6.61. The Balaban J connectivity index is 1.90. The molecule has 5 heteroatoms. The number of ether oxygens (including phenoxy) is 1. The van der Waals surface area contributed by atoms with E-state index in [-0.39, 0.29) is 0 Å². The van der Waals surface area contributed by atoms with Crippen LogP contribution in [-0.2, 0) is 18.3 Å². The Bertz CT molecular complexity index is 388. The zero-order chi connectivity index (χ0) is 13.1. The van der Waals surface area contributed by atoms with Crippen LogP contribution in [0.1, 0.15) is 25.5 Å². The number of aromatic nitrogens is 2. The van der Waals surface area contributed by atoms with Crippen molar-refractivity contribution in [3.8, 4) is 0 Å². The first kappa shape index (κ1) is 13.4. The summed E-state index contributed by atoms with van der Waals surface area (Å²) in [6, 6.07) is 0.562. The number of nitrogens with one attached hydrogen (secondary N) is 1. The third kappa shape index (κ3) is 3.03. The van der Waals surface area contributed by atoms with E-state index in [1.807, 2.05) is 25.2 Å². The second-order valence-electron chi connectivity index (χ2n) is 5.29. The Morgan fingerprint density at radius 3 is 2.94 bits per heavy atom. The summed E-state index contributed by atoms with van der Waals surface area (Å²) >= 11 is 0. The van der Waals surface area contributed by atoms with Crippen molar-refractivity contribution in [3.63, 3.8) is 0 Å². The number of imidazole rings is 1. The van der Waals surface area contributed by atoms with Crippen molar-refractivity contribution in [2.45, 2.75) is 38.5 Å². The predicted molar refractivity (Wildman–Crippen MR) is 72.8 cm³/mol. The third-order valence-corrected chi connectivity index (χ3v) is 3.52. The lowest BCUT2D eigenvalue weighted by Gasteiger charge is -2.28. The topological polar surface area (TPSA) is 42.3 Å². The molecule has 1 aliphatic rings. The smallest absolute Gasteiger partial charge is 0.204 e. The van der Waals surface area contributed by atoms with Crippen LogP contribution in [0.5, 0.6) is 0 Å². The lowest BCUT2D eigenvalue weighted by Crippen LogP contribution is -2.37. The minimum atomic E-state index is 0.375. The monoisotopic (exact) mass is 252 g/mol. The van der Waals surface area contributed by atoms with E-state index >= 15 is 0 Å². The second-order valence-corrected chi connectivity index (χ2v) is 5.29. The molecule has 0 aliphatic carbocycles. The average molecular weight is 252 g/mol. The van der Waals surface area contributed by atoms with E-state index < -0.39 is 0 Å². The van der Waals surface area contributed by atoms with Gasteiger partial charge in [0, 0.05) is 40.3 Å². The highest BCUT2D eigenvalue weighted by molar-refractivity contribution is 5.30. The summed E-state index contributed by atoms with van der Waals surface area (Å²) in [5.74, 6) is 0.993. The molecule has 102 valence electrons. The molecule has 2 rings (SSSR count). The highest BCUT2D eigenvalue weighted by atomic mass is 16.5. The summed E-state index contributed by atoms with van der Waals surface area (Å²) in [4.78, 5) is 6.45. The fourth-order valence-corrected chi connectivity index (χ4v) is 2.45. The molecule has 2 atom stereocenters. The molecule has 1 aromatic rings. The van der Waals surface area contributed by atoms with Crippen molar-refractivity contribution in [1.82, 2.24) is 14.9 Å². The van der Waals surface area contributed by atoms with Crippen LogP contribution in [0.25, 0.3) is 0 Å². The average Bonchev–Trinajstić information content (AvgIpc) is 2.68. The molecule has 0 spiro atoms. The van der Waals surface area contributed by atoms with Crippen LogP contribution in [0, 0.1) is 0 Å². The molecule has 1 saturated heterocycles. The van der Waals surface area contributed by atoms with Gasteiger partial charge in [-0.15, -0.1) is 0 Å². The van der Waals surface area contributed by atoms with Gasteiger partial charge in [0.25, 0.3) is 0 Å². The molecule has 18 heavy (non-hydrogen) atoms. The molecule has 2 heterocycles. The first-order chi connectivity index (χ1) is 8.58. The number of rotatable bonds is 4. The van der Waals surface area contributed by atoms with Gasteiger partial charge in [-0.3, -0.25) is 0 Å².